The number of nitrogens with zero attached hydrogens (tertiary/aromatic N) is 1. The van der Waals surface area contributed by atoms with Crippen LogP contribution in [0.3, 0.4) is 0 Å². The molecule has 0 aromatic carbocycles. The van der Waals surface area contributed by atoms with Crippen LogP contribution in [0.5, 0.6) is 0 Å². The van der Waals surface area contributed by atoms with Gasteiger partial charge >= 0.3 is 7.82 Å². The number of rotatable bonds is 33. The molecular weight excluding hydrogens is 719 g/mol. The lowest BCUT2D eigenvalue weighted by molar-refractivity contribution is -0.870. The molecule has 1 fully saturated rings. The summed E-state index contributed by atoms with van der Waals surface area (Å²) in [6, 6.07) is -0.946. The largest absolute Gasteiger partial charge is 0.472 e. The van der Waals surface area contributed by atoms with Gasteiger partial charge in [-0.1, -0.05) is 114 Å². The Morgan fingerprint density at radius 1 is 0.800 bits per heavy atom. The van der Waals surface area contributed by atoms with Crippen LogP contribution in [0, 0.1) is 11.8 Å². The number of carbonyl (C=O) groups is 1. The van der Waals surface area contributed by atoms with Gasteiger partial charge in [0.1, 0.15) is 13.2 Å². The number of allylic oxidation sites excluding steroid dienone is 5. The van der Waals surface area contributed by atoms with E-state index in [1.54, 1.807) is 12.2 Å². The van der Waals surface area contributed by atoms with E-state index in [9.17, 15) is 34.7 Å². The van der Waals surface area contributed by atoms with Crippen molar-refractivity contribution in [2.45, 2.75) is 166 Å². The van der Waals surface area contributed by atoms with Crippen molar-refractivity contribution in [2.24, 2.45) is 11.8 Å². The third kappa shape index (κ3) is 26.8. The van der Waals surface area contributed by atoms with Crippen LogP contribution in [-0.2, 0) is 18.4 Å². The van der Waals surface area contributed by atoms with Crippen LogP contribution >= 0.6 is 7.82 Å². The van der Waals surface area contributed by atoms with Crippen molar-refractivity contribution >= 4 is 13.7 Å². The third-order valence-corrected chi connectivity index (χ3v) is 11.0. The minimum atomic E-state index is -4.41. The molecule has 1 unspecified atom stereocenters. The van der Waals surface area contributed by atoms with Crippen molar-refractivity contribution in [3.05, 3.63) is 48.6 Å². The van der Waals surface area contributed by atoms with Crippen LogP contribution in [0.2, 0.25) is 0 Å². The number of aliphatic hydroxyl groups is 4. The number of amides is 1. The molecule has 1 aliphatic rings. The van der Waals surface area contributed by atoms with Crippen molar-refractivity contribution in [3.63, 3.8) is 0 Å². The molecule has 0 heterocycles. The molecule has 0 spiro atoms. The molecule has 12 heteroatoms. The lowest BCUT2D eigenvalue weighted by Gasteiger charge is -2.25. The van der Waals surface area contributed by atoms with Crippen molar-refractivity contribution in [1.29, 1.82) is 0 Å². The Balaban J connectivity index is 2.62. The van der Waals surface area contributed by atoms with E-state index in [2.05, 4.69) is 31.3 Å². The minimum absolute atomic E-state index is 0.0141. The number of phosphoric ester groups is 1. The van der Waals surface area contributed by atoms with Crippen LogP contribution in [0.4, 0.5) is 0 Å². The zero-order chi connectivity index (χ0) is 41.0. The van der Waals surface area contributed by atoms with Gasteiger partial charge in [0, 0.05) is 18.8 Å². The molecule has 1 saturated carbocycles. The monoisotopic (exact) mass is 800 g/mol. The third-order valence-electron chi connectivity index (χ3n) is 10.1. The Bertz CT molecular complexity index is 1160. The molecule has 0 saturated heterocycles. The second-order valence-electron chi connectivity index (χ2n) is 16.3. The zero-order valence-corrected chi connectivity index (χ0v) is 35.9. The molecule has 11 nitrogen and oxygen atoms in total. The van der Waals surface area contributed by atoms with Gasteiger partial charge in [-0.2, -0.15) is 0 Å². The summed E-state index contributed by atoms with van der Waals surface area (Å²) in [6.45, 7) is 4.42. The first-order valence-corrected chi connectivity index (χ1v) is 22.8. The van der Waals surface area contributed by atoms with E-state index < -0.39 is 44.9 Å². The zero-order valence-electron chi connectivity index (χ0n) is 35.0. The van der Waals surface area contributed by atoms with Crippen LogP contribution < -0.4 is 5.32 Å². The summed E-state index contributed by atoms with van der Waals surface area (Å²) in [5.41, 5.74) is 0. The number of unbranched alkanes of at least 4 members (excludes halogenated alkanes) is 11. The second kappa shape index (κ2) is 30.4. The summed E-state index contributed by atoms with van der Waals surface area (Å²) in [7, 11) is 1.41. The first kappa shape index (κ1) is 51.4. The van der Waals surface area contributed by atoms with E-state index in [1.165, 1.54) is 32.1 Å². The number of phosphoric acid groups is 1. The fraction of sp³-hybridized carbons (Fsp3) is 0.791. The van der Waals surface area contributed by atoms with E-state index in [-0.39, 0.29) is 30.8 Å². The Morgan fingerprint density at radius 3 is 2.11 bits per heavy atom. The van der Waals surface area contributed by atoms with E-state index in [1.807, 2.05) is 45.4 Å². The predicted octanol–water partition coefficient (Wildman–Crippen LogP) is 7.68. The first-order valence-electron chi connectivity index (χ1n) is 21.3. The average molecular weight is 800 g/mol. The first-order chi connectivity index (χ1) is 26.2. The van der Waals surface area contributed by atoms with Crippen LogP contribution in [-0.4, -0.2) is 107 Å². The number of likely N-dealkylation sites (N-methyl/N-ethyl adjacent to an activating group) is 1. The standard InChI is InChI=1S/C43H79N2O9P/c1-6-8-10-11-12-13-14-15-16-17-18-19-24-28-40(47)39(35-54-55(51,52)53-33-32-45(3,4)5)44-43(50)29-25-21-20-23-27-37-38(42(49)34-41(37)48)31-30-36(46)26-22-9-7-2/h10-11,20,23-24,28,30-31,36-42,46-49H,6-9,12-19,21-22,25-27,29,32-35H2,1-5H3,(H-,44,50,51,52)/p+1/b11-10-,23-20+,28-24+,31-30+/t36-,37+,38+,39-,40+,41-,42+/m0/s1. The second-order valence-corrected chi connectivity index (χ2v) is 17.8. The molecule has 0 aromatic rings. The molecule has 1 rings (SSSR count). The maximum atomic E-state index is 12.9. The van der Waals surface area contributed by atoms with Gasteiger partial charge in [-0.05, 0) is 63.7 Å². The molecule has 0 bridgehead atoms. The van der Waals surface area contributed by atoms with Gasteiger partial charge in [-0.3, -0.25) is 13.8 Å². The van der Waals surface area contributed by atoms with E-state index in [0.717, 1.165) is 51.4 Å². The molecule has 0 radical (unpaired) electrons. The SMILES string of the molecule is CCC/C=C\CCCCCCCC/C=C/[C@@H](O)[C@H](COP(=O)(O)OCC[N+](C)(C)C)NC(=O)CCC/C=C/C[C@@H]1[C@@H](/C=C/[C@@H](O)CCCCC)[C@H](O)C[C@@H]1O. The molecule has 55 heavy (non-hydrogen) atoms. The maximum Gasteiger partial charge on any atom is 0.472 e. The highest BCUT2D eigenvalue weighted by Crippen LogP contribution is 2.43. The molecule has 1 aliphatic carbocycles. The molecule has 6 N–H and O–H groups in total. The fourth-order valence-electron chi connectivity index (χ4n) is 6.56. The summed E-state index contributed by atoms with van der Waals surface area (Å²) >= 11 is 0. The van der Waals surface area contributed by atoms with Crippen LogP contribution in [0.25, 0.3) is 0 Å². The maximum absolute atomic E-state index is 12.9. The highest BCUT2D eigenvalue weighted by atomic mass is 31.2. The topological polar surface area (TPSA) is 166 Å². The normalized spacial score (nSPS) is 22.3. The molecule has 8 atom stereocenters. The quantitative estimate of drug-likeness (QED) is 0.0169. The Hall–Kier alpha value is -1.66. The van der Waals surface area contributed by atoms with Crippen LogP contribution in [0.15, 0.2) is 48.6 Å². The number of hydrogen-bond acceptors (Lipinski definition) is 8. The number of hydrogen-bond donors (Lipinski definition) is 6. The van der Waals surface area contributed by atoms with E-state index >= 15 is 0 Å². The van der Waals surface area contributed by atoms with Crippen molar-refractivity contribution in [3.8, 4) is 0 Å². The number of aliphatic hydroxyl groups excluding tert-OH is 4. The summed E-state index contributed by atoms with van der Waals surface area (Å²) in [4.78, 5) is 23.2. The summed E-state index contributed by atoms with van der Waals surface area (Å²) < 4.78 is 23.5. The Morgan fingerprint density at radius 2 is 1.44 bits per heavy atom. The lowest BCUT2D eigenvalue weighted by atomic mass is 9.89. The van der Waals surface area contributed by atoms with Crippen molar-refractivity contribution in [2.75, 3.05) is 40.9 Å². The fourth-order valence-corrected chi connectivity index (χ4v) is 7.30. The molecule has 0 aliphatic heterocycles. The van der Waals surface area contributed by atoms with Gasteiger partial charge in [0.15, 0.2) is 0 Å². The lowest BCUT2D eigenvalue weighted by Crippen LogP contribution is -2.45. The van der Waals surface area contributed by atoms with Gasteiger partial charge in [0.25, 0.3) is 0 Å². The minimum Gasteiger partial charge on any atom is -0.393 e. The van der Waals surface area contributed by atoms with Gasteiger partial charge in [0.05, 0.1) is 58.2 Å². The van der Waals surface area contributed by atoms with Gasteiger partial charge in [0.2, 0.25) is 5.91 Å². The molecule has 1 amide bonds. The smallest absolute Gasteiger partial charge is 0.393 e. The predicted molar refractivity (Wildman–Crippen MR) is 223 cm³/mol. The highest BCUT2D eigenvalue weighted by molar-refractivity contribution is 7.47. The Labute approximate surface area is 334 Å². The average Bonchev–Trinajstić information content (AvgIpc) is 3.39. The number of nitrogens with one attached hydrogen (secondary N) is 1. The van der Waals surface area contributed by atoms with Crippen LogP contribution in [0.1, 0.15) is 136 Å². The summed E-state index contributed by atoms with van der Waals surface area (Å²) in [5.74, 6) is -0.706. The summed E-state index contributed by atoms with van der Waals surface area (Å²) in [6.07, 6.45) is 29.8. The molecule has 320 valence electrons. The van der Waals surface area contributed by atoms with Crippen molar-refractivity contribution < 1.29 is 48.2 Å². The molecule has 0 aromatic heterocycles. The van der Waals surface area contributed by atoms with E-state index in [4.69, 9.17) is 9.05 Å². The number of carbonyl (C=O) groups excluding carboxylic acids is 1. The summed E-state index contributed by atoms with van der Waals surface area (Å²) in [5, 5.41) is 45.1. The van der Waals surface area contributed by atoms with E-state index in [0.29, 0.717) is 43.1 Å². The highest BCUT2D eigenvalue weighted by Gasteiger charge is 2.39. The Kier molecular flexibility index (Phi) is 28.4. The van der Waals surface area contributed by atoms with Gasteiger partial charge < -0.3 is 35.1 Å². The van der Waals surface area contributed by atoms with Gasteiger partial charge in [-0.15, -0.1) is 0 Å². The van der Waals surface area contributed by atoms with Crippen molar-refractivity contribution in [1.82, 2.24) is 5.32 Å². The number of quaternary nitrogens is 1. The van der Waals surface area contributed by atoms with Gasteiger partial charge in [-0.25, -0.2) is 4.57 Å². The molecular formula is C43H80N2O9P+.